The summed E-state index contributed by atoms with van der Waals surface area (Å²) in [6.07, 6.45) is 1.90. The molecule has 2 aliphatic heterocycles. The molecule has 8 nitrogen and oxygen atoms in total. The number of pyridine rings is 1. The van der Waals surface area contributed by atoms with E-state index >= 15 is 0 Å². The second-order valence-corrected chi connectivity index (χ2v) is 10.9. The van der Waals surface area contributed by atoms with Crippen molar-refractivity contribution in [1.29, 1.82) is 5.26 Å². The van der Waals surface area contributed by atoms with E-state index in [-0.39, 0.29) is 18.6 Å². The molecule has 1 aromatic heterocycles. The van der Waals surface area contributed by atoms with Crippen molar-refractivity contribution < 1.29 is 9.90 Å². The Morgan fingerprint density at radius 1 is 1.02 bits per heavy atom. The number of piperazine rings is 1. The third-order valence-corrected chi connectivity index (χ3v) is 8.17. The molecule has 0 saturated carbocycles. The van der Waals surface area contributed by atoms with Crippen LogP contribution in [0.4, 0.5) is 17.2 Å². The van der Waals surface area contributed by atoms with Crippen molar-refractivity contribution in [3.05, 3.63) is 82.5 Å². The van der Waals surface area contributed by atoms with Crippen molar-refractivity contribution in [3.8, 4) is 6.07 Å². The van der Waals surface area contributed by atoms with Gasteiger partial charge in [-0.1, -0.05) is 24.3 Å². The first kappa shape index (κ1) is 27.5. The second-order valence-electron chi connectivity index (χ2n) is 10.9. The number of piperidine rings is 1. The molecular formula is C32H38N6O2. The van der Waals surface area contributed by atoms with E-state index in [0.717, 1.165) is 59.9 Å². The number of anilines is 3. The number of hydrogen-bond donors (Lipinski definition) is 2. The van der Waals surface area contributed by atoms with Crippen LogP contribution in [0.5, 0.6) is 0 Å². The summed E-state index contributed by atoms with van der Waals surface area (Å²) in [7, 11) is 0. The highest BCUT2D eigenvalue weighted by atomic mass is 16.3. The van der Waals surface area contributed by atoms with Crippen molar-refractivity contribution in [2.45, 2.75) is 45.7 Å². The Labute approximate surface area is 236 Å². The van der Waals surface area contributed by atoms with Crippen LogP contribution < -0.4 is 15.1 Å². The van der Waals surface area contributed by atoms with Crippen molar-refractivity contribution >= 4 is 23.1 Å². The third-order valence-electron chi connectivity index (χ3n) is 8.17. The molecule has 1 atom stereocenters. The molecule has 5 rings (SSSR count). The van der Waals surface area contributed by atoms with E-state index in [2.05, 4.69) is 39.2 Å². The Hall–Kier alpha value is -4.09. The van der Waals surface area contributed by atoms with E-state index < -0.39 is 0 Å². The first-order chi connectivity index (χ1) is 19.4. The summed E-state index contributed by atoms with van der Waals surface area (Å²) in [5.41, 5.74) is 6.42. The van der Waals surface area contributed by atoms with Crippen molar-refractivity contribution in [2.24, 2.45) is 0 Å². The number of amides is 1. The van der Waals surface area contributed by atoms with E-state index in [1.807, 2.05) is 67.3 Å². The molecule has 2 aliphatic rings. The fourth-order valence-electron chi connectivity index (χ4n) is 5.92. The number of aliphatic hydroxyl groups is 1. The Bertz CT molecular complexity index is 1410. The molecule has 208 valence electrons. The zero-order valence-electron chi connectivity index (χ0n) is 23.6. The SMILES string of the molecule is Cc1cccc(N2CCN(C(=O)c3cc(NC4CCN(c5ccccc5C#N)CC4)c(C)cc3C)C[C@@H]2CO)n1. The maximum Gasteiger partial charge on any atom is 0.254 e. The number of nitriles is 1. The van der Waals surface area contributed by atoms with Gasteiger partial charge in [-0.3, -0.25) is 4.79 Å². The van der Waals surface area contributed by atoms with Crippen molar-refractivity contribution in [2.75, 3.05) is 54.4 Å². The summed E-state index contributed by atoms with van der Waals surface area (Å²) in [6.45, 7) is 9.37. The van der Waals surface area contributed by atoms with Gasteiger partial charge in [0.1, 0.15) is 11.9 Å². The number of nitrogens with one attached hydrogen (secondary N) is 1. The largest absolute Gasteiger partial charge is 0.394 e. The topological polar surface area (TPSA) is 95.7 Å². The van der Waals surface area contributed by atoms with Gasteiger partial charge in [0, 0.05) is 55.7 Å². The lowest BCUT2D eigenvalue weighted by molar-refractivity contribution is 0.0698. The molecule has 0 radical (unpaired) electrons. The van der Waals surface area contributed by atoms with Crippen LogP contribution >= 0.6 is 0 Å². The fourth-order valence-corrected chi connectivity index (χ4v) is 5.92. The van der Waals surface area contributed by atoms with Gasteiger partial charge in [-0.25, -0.2) is 4.98 Å². The normalized spacial score (nSPS) is 18.0. The standard InChI is InChI=1S/C32H38N6O2/c1-22-17-23(2)29(35-26-11-13-36(14-12-26)30-9-5-4-8-25(30)19-33)18-28(22)32(40)37-15-16-38(27(20-37)21-39)31-10-6-7-24(3)34-31/h4-10,17-18,26-27,35,39H,11-16,20-21H2,1-3H3/t27-/m1/s1. The van der Waals surface area contributed by atoms with Gasteiger partial charge < -0.3 is 25.1 Å². The number of carbonyl (C=O) groups excluding carboxylic acids is 1. The summed E-state index contributed by atoms with van der Waals surface area (Å²) in [4.78, 5) is 24.6. The van der Waals surface area contributed by atoms with Gasteiger partial charge in [0.15, 0.2) is 0 Å². The summed E-state index contributed by atoms with van der Waals surface area (Å²) in [5.74, 6) is 0.838. The van der Waals surface area contributed by atoms with Crippen LogP contribution in [-0.4, -0.2) is 72.3 Å². The van der Waals surface area contributed by atoms with Gasteiger partial charge in [0.05, 0.1) is 23.9 Å². The zero-order valence-corrected chi connectivity index (χ0v) is 23.6. The molecule has 3 heterocycles. The molecule has 3 aromatic rings. The minimum Gasteiger partial charge on any atom is -0.394 e. The van der Waals surface area contributed by atoms with Crippen molar-refractivity contribution in [1.82, 2.24) is 9.88 Å². The monoisotopic (exact) mass is 538 g/mol. The number of aromatic nitrogens is 1. The lowest BCUT2D eigenvalue weighted by Crippen LogP contribution is -2.56. The van der Waals surface area contributed by atoms with Gasteiger partial charge in [-0.15, -0.1) is 0 Å². The highest BCUT2D eigenvalue weighted by Gasteiger charge is 2.31. The zero-order chi connectivity index (χ0) is 28.2. The average molecular weight is 539 g/mol. The van der Waals surface area contributed by atoms with Crippen LogP contribution in [0.1, 0.15) is 45.6 Å². The number of aliphatic hydroxyl groups excluding tert-OH is 1. The fraction of sp³-hybridized carbons (Fsp3) is 0.406. The lowest BCUT2D eigenvalue weighted by Gasteiger charge is -2.41. The molecule has 0 unspecified atom stereocenters. The van der Waals surface area contributed by atoms with E-state index in [9.17, 15) is 15.2 Å². The summed E-state index contributed by atoms with van der Waals surface area (Å²) in [6, 6.07) is 20.2. The molecule has 2 fully saturated rings. The average Bonchev–Trinajstić information content (AvgIpc) is 2.98. The highest BCUT2D eigenvalue weighted by molar-refractivity contribution is 5.97. The predicted molar refractivity (Wildman–Crippen MR) is 159 cm³/mol. The summed E-state index contributed by atoms with van der Waals surface area (Å²) in [5, 5.41) is 23.4. The van der Waals surface area contributed by atoms with Gasteiger partial charge in [-0.05, 0) is 75.1 Å². The third kappa shape index (κ3) is 5.75. The quantitative estimate of drug-likeness (QED) is 0.484. The number of rotatable bonds is 6. The maximum atomic E-state index is 13.7. The number of carbonyl (C=O) groups is 1. The number of aryl methyl sites for hydroxylation is 3. The summed E-state index contributed by atoms with van der Waals surface area (Å²) >= 11 is 0. The number of nitrogens with zero attached hydrogens (tertiary/aromatic N) is 5. The Morgan fingerprint density at radius 2 is 1.80 bits per heavy atom. The van der Waals surface area contributed by atoms with Gasteiger partial charge in [-0.2, -0.15) is 5.26 Å². The first-order valence-corrected chi connectivity index (χ1v) is 14.1. The van der Waals surface area contributed by atoms with Crippen molar-refractivity contribution in [3.63, 3.8) is 0 Å². The van der Waals surface area contributed by atoms with E-state index in [1.165, 1.54) is 0 Å². The highest BCUT2D eigenvalue weighted by Crippen LogP contribution is 2.28. The van der Waals surface area contributed by atoms with Crippen LogP contribution in [0.15, 0.2) is 54.6 Å². The molecule has 40 heavy (non-hydrogen) atoms. The molecule has 2 aromatic carbocycles. The van der Waals surface area contributed by atoms with Crippen LogP contribution in [0.2, 0.25) is 0 Å². The maximum absolute atomic E-state index is 13.7. The molecule has 2 saturated heterocycles. The minimum absolute atomic E-state index is 0.00113. The van der Waals surface area contributed by atoms with E-state index in [1.54, 1.807) is 0 Å². The molecule has 2 N–H and O–H groups in total. The summed E-state index contributed by atoms with van der Waals surface area (Å²) < 4.78 is 0. The molecule has 1 amide bonds. The predicted octanol–water partition coefficient (Wildman–Crippen LogP) is 4.28. The number of hydrogen-bond acceptors (Lipinski definition) is 7. The first-order valence-electron chi connectivity index (χ1n) is 14.1. The Balaban J connectivity index is 1.26. The molecule has 0 bridgehead atoms. The number of para-hydroxylation sites is 1. The van der Waals surface area contributed by atoms with Gasteiger partial charge in [0.25, 0.3) is 5.91 Å². The molecule has 8 heteroatoms. The van der Waals surface area contributed by atoms with Gasteiger partial charge >= 0.3 is 0 Å². The van der Waals surface area contributed by atoms with Crippen LogP contribution in [0, 0.1) is 32.1 Å². The smallest absolute Gasteiger partial charge is 0.254 e. The van der Waals surface area contributed by atoms with Crippen LogP contribution in [0.25, 0.3) is 0 Å². The lowest BCUT2D eigenvalue weighted by atomic mass is 9.99. The Morgan fingerprint density at radius 3 is 2.52 bits per heavy atom. The molecule has 0 spiro atoms. The van der Waals surface area contributed by atoms with Crippen LogP contribution in [0.3, 0.4) is 0 Å². The number of benzene rings is 2. The van der Waals surface area contributed by atoms with Gasteiger partial charge in [0.2, 0.25) is 0 Å². The van der Waals surface area contributed by atoms with Crippen LogP contribution in [-0.2, 0) is 0 Å². The molecular weight excluding hydrogens is 500 g/mol. The van der Waals surface area contributed by atoms with E-state index in [4.69, 9.17) is 0 Å². The van der Waals surface area contributed by atoms with E-state index in [0.29, 0.717) is 36.8 Å². The second kappa shape index (κ2) is 12.0. The minimum atomic E-state index is -0.202. The Kier molecular flexibility index (Phi) is 8.22. The molecule has 0 aliphatic carbocycles.